The van der Waals surface area contributed by atoms with Gasteiger partial charge in [0, 0.05) is 25.3 Å². The predicted molar refractivity (Wildman–Crippen MR) is 108 cm³/mol. The van der Waals surface area contributed by atoms with Gasteiger partial charge in [-0.1, -0.05) is 19.1 Å². The molecule has 0 aliphatic carbocycles. The molecule has 1 heterocycles. The van der Waals surface area contributed by atoms with Crippen LogP contribution in [0.25, 0.3) is 0 Å². The quantitative estimate of drug-likeness (QED) is 0.305. The summed E-state index contributed by atoms with van der Waals surface area (Å²) in [5, 5.41) is 15.5. The van der Waals surface area contributed by atoms with E-state index in [0.29, 0.717) is 0 Å². The van der Waals surface area contributed by atoms with Crippen LogP contribution >= 0.6 is 0 Å². The van der Waals surface area contributed by atoms with Crippen LogP contribution in [0.2, 0.25) is 0 Å². The van der Waals surface area contributed by atoms with Gasteiger partial charge in [-0.05, 0) is 32.9 Å². The third-order valence-corrected chi connectivity index (χ3v) is 5.25. The van der Waals surface area contributed by atoms with E-state index in [1.54, 1.807) is 20.8 Å². The van der Waals surface area contributed by atoms with Crippen molar-refractivity contribution in [2.24, 2.45) is 5.10 Å². The van der Waals surface area contributed by atoms with Crippen LogP contribution in [-0.4, -0.2) is 72.0 Å². The second-order valence-corrected chi connectivity index (χ2v) is 9.85. The fourth-order valence-electron chi connectivity index (χ4n) is 2.69. The summed E-state index contributed by atoms with van der Waals surface area (Å²) in [4.78, 5) is 37.8. The van der Waals surface area contributed by atoms with Gasteiger partial charge >= 0.3 is 23.7 Å². The molecule has 0 bridgehead atoms. The molecule has 170 valence electrons. The first-order valence-corrected chi connectivity index (χ1v) is 11.1. The molecular weight excluding hydrogens is 430 g/mol. The molecule has 31 heavy (non-hydrogen) atoms. The van der Waals surface area contributed by atoms with Crippen molar-refractivity contribution in [1.29, 1.82) is 0 Å². The Labute approximate surface area is 180 Å². The van der Waals surface area contributed by atoms with E-state index in [2.05, 4.69) is 5.10 Å². The van der Waals surface area contributed by atoms with E-state index in [1.807, 2.05) is 0 Å². The third kappa shape index (κ3) is 4.85. The molecular formula is C19H25N3O8S. The van der Waals surface area contributed by atoms with Gasteiger partial charge in [-0.2, -0.15) is 5.10 Å². The molecule has 1 aromatic carbocycles. The van der Waals surface area contributed by atoms with Crippen molar-refractivity contribution in [2.45, 2.75) is 50.3 Å². The van der Waals surface area contributed by atoms with Crippen molar-refractivity contribution < 1.29 is 37.5 Å². The van der Waals surface area contributed by atoms with E-state index < -0.39 is 39.1 Å². The van der Waals surface area contributed by atoms with Gasteiger partial charge in [0.05, 0.1) is 4.90 Å². The van der Waals surface area contributed by atoms with Crippen molar-refractivity contribution in [2.75, 3.05) is 13.3 Å². The largest absolute Gasteiger partial charge is 0.442 e. The van der Waals surface area contributed by atoms with Gasteiger partial charge in [0.15, 0.2) is 9.84 Å². The fraction of sp³-hybridized carbons (Fsp3) is 0.474. The average molecular weight is 455 g/mol. The minimum Gasteiger partial charge on any atom is -0.442 e. The van der Waals surface area contributed by atoms with Crippen LogP contribution in [-0.2, 0) is 28.9 Å². The van der Waals surface area contributed by atoms with E-state index in [0.717, 1.165) is 11.3 Å². The number of hydrogen-bond donors (Lipinski definition) is 1. The van der Waals surface area contributed by atoms with Crippen LogP contribution in [0.3, 0.4) is 0 Å². The summed E-state index contributed by atoms with van der Waals surface area (Å²) < 4.78 is 33.9. The number of hydrazone groups is 1. The molecule has 2 amide bonds. The Hall–Kier alpha value is -2.99. The molecule has 1 N–H and O–H groups in total. The van der Waals surface area contributed by atoms with Gasteiger partial charge in [0.1, 0.15) is 11.3 Å². The molecule has 1 unspecified atom stereocenters. The molecule has 12 heteroatoms. The van der Waals surface area contributed by atoms with Crippen LogP contribution in [0.1, 0.15) is 39.7 Å². The van der Waals surface area contributed by atoms with E-state index in [9.17, 15) is 28.0 Å². The van der Waals surface area contributed by atoms with Gasteiger partial charge in [-0.25, -0.2) is 18.2 Å². The average Bonchev–Trinajstić information content (AvgIpc) is 2.91. The first-order valence-electron chi connectivity index (χ1n) is 9.25. The van der Waals surface area contributed by atoms with Crippen molar-refractivity contribution in [1.82, 2.24) is 10.1 Å². The van der Waals surface area contributed by atoms with Crippen molar-refractivity contribution >= 4 is 33.5 Å². The third-order valence-electron chi connectivity index (χ3n) is 4.13. The first kappa shape index (κ1) is 24.3. The summed E-state index contributed by atoms with van der Waals surface area (Å²) in [6.45, 7) is 6.10. The van der Waals surface area contributed by atoms with Gasteiger partial charge in [-0.3, -0.25) is 14.8 Å². The first-order chi connectivity index (χ1) is 14.1. The Morgan fingerprint density at radius 1 is 1.23 bits per heavy atom. The Morgan fingerprint density at radius 2 is 1.77 bits per heavy atom. The lowest BCUT2D eigenvalue weighted by Crippen LogP contribution is -2.63. The number of nitrogens with zero attached hydrogens (tertiary/aromatic N) is 3. The summed E-state index contributed by atoms with van der Waals surface area (Å²) in [5.74, 6) is -1.92. The zero-order chi connectivity index (χ0) is 23.8. The van der Waals surface area contributed by atoms with Gasteiger partial charge < -0.3 is 9.47 Å². The minimum atomic E-state index is -3.50. The molecule has 0 radical (unpaired) electrons. The van der Waals surface area contributed by atoms with Gasteiger partial charge in [0.2, 0.25) is 0 Å². The van der Waals surface area contributed by atoms with E-state index in [-0.39, 0.29) is 27.7 Å². The number of rotatable bonds is 5. The number of likely N-dealkylation sites (N-methyl/N-ethyl adjacent to an activating group) is 1. The molecule has 1 aliphatic heterocycles. The summed E-state index contributed by atoms with van der Waals surface area (Å²) in [6, 6.07) is 5.16. The highest BCUT2D eigenvalue weighted by Crippen LogP contribution is 2.32. The molecule has 0 saturated heterocycles. The highest BCUT2D eigenvalue weighted by molar-refractivity contribution is 7.90. The number of hydroxylamine groups is 2. The maximum atomic E-state index is 13.0. The number of sulfone groups is 1. The van der Waals surface area contributed by atoms with E-state index in [4.69, 9.17) is 9.47 Å². The van der Waals surface area contributed by atoms with Crippen molar-refractivity contribution in [3.05, 3.63) is 29.8 Å². The normalized spacial score (nSPS) is 19.1. The second kappa shape index (κ2) is 8.27. The monoisotopic (exact) mass is 455 g/mol. The lowest BCUT2D eigenvalue weighted by atomic mass is 9.99. The molecule has 2 rings (SSSR count). The van der Waals surface area contributed by atoms with Crippen LogP contribution in [0.5, 0.6) is 0 Å². The number of carbonyl (C=O) groups is 3. The Bertz CT molecular complexity index is 1030. The van der Waals surface area contributed by atoms with E-state index >= 15 is 0 Å². The number of benzene rings is 1. The zero-order valence-corrected chi connectivity index (χ0v) is 18.9. The lowest BCUT2D eigenvalue weighted by molar-refractivity contribution is -0.226. The van der Waals surface area contributed by atoms with Crippen LogP contribution in [0, 0.1) is 0 Å². The molecule has 0 spiro atoms. The molecule has 1 aromatic rings. The molecule has 0 fully saturated rings. The number of carbonyl (C=O) groups excluding carboxylic acids is 3. The molecule has 0 saturated carbocycles. The molecule has 11 nitrogen and oxygen atoms in total. The summed E-state index contributed by atoms with van der Waals surface area (Å²) in [7, 11) is -2.26. The van der Waals surface area contributed by atoms with Crippen LogP contribution in [0.4, 0.5) is 4.79 Å². The maximum absolute atomic E-state index is 13.0. The van der Waals surface area contributed by atoms with Crippen molar-refractivity contribution in [3.8, 4) is 0 Å². The maximum Gasteiger partial charge on any atom is 0.438 e. The molecule has 1 atom stereocenters. The Balaban J connectivity index is 2.65. The smallest absolute Gasteiger partial charge is 0.438 e. The molecule has 0 aromatic heterocycles. The van der Waals surface area contributed by atoms with Crippen LogP contribution in [0.15, 0.2) is 34.3 Å². The van der Waals surface area contributed by atoms with E-state index in [1.165, 1.54) is 38.2 Å². The highest BCUT2D eigenvalue weighted by Gasteiger charge is 2.61. The predicted octanol–water partition coefficient (Wildman–Crippen LogP) is 1.54. The zero-order valence-electron chi connectivity index (χ0n) is 18.1. The topological polar surface area (TPSA) is 143 Å². The fourth-order valence-corrected chi connectivity index (χ4v) is 3.32. The Morgan fingerprint density at radius 3 is 2.23 bits per heavy atom. The summed E-state index contributed by atoms with van der Waals surface area (Å²) in [5.41, 5.74) is -3.85. The van der Waals surface area contributed by atoms with Crippen molar-refractivity contribution in [3.63, 3.8) is 0 Å². The number of esters is 1. The van der Waals surface area contributed by atoms with Crippen LogP contribution < -0.4 is 0 Å². The second-order valence-electron chi connectivity index (χ2n) is 7.84. The Kier molecular flexibility index (Phi) is 6.48. The van der Waals surface area contributed by atoms with Gasteiger partial charge in [-0.15, -0.1) is 5.06 Å². The minimum absolute atomic E-state index is 0.00122. The number of ether oxygens (including phenoxy) is 2. The highest BCUT2D eigenvalue weighted by atomic mass is 32.2. The number of amides is 2. The molecule has 1 aliphatic rings. The lowest BCUT2D eigenvalue weighted by Gasteiger charge is -2.35. The standard InChI is InChI=1S/C19H25N3O8S/c1-7-14(23)29-19(22(26)17(25)30-18(2,3)4)15(20-21(5)16(19)24)12-8-10-13(11-9-12)31(6,27)28/h8-11,26H,7H2,1-6H3. The van der Waals surface area contributed by atoms with Gasteiger partial charge in [0.25, 0.3) is 0 Å². The summed E-state index contributed by atoms with van der Waals surface area (Å²) in [6.07, 6.45) is -0.487. The summed E-state index contributed by atoms with van der Waals surface area (Å²) >= 11 is 0. The number of hydrogen-bond acceptors (Lipinski definition) is 9. The SMILES string of the molecule is CCC(=O)OC1(N(O)C(=O)OC(C)(C)C)C(=O)N(C)N=C1c1ccc(S(C)(=O)=O)cc1.